The Morgan fingerprint density at radius 3 is 1.44 bits per heavy atom. The molecule has 0 saturated carbocycles. The molecule has 1 N–H and O–H groups in total. The molecule has 1 unspecified atom stereocenters. The first-order chi connectivity index (χ1) is 21.7. The van der Waals surface area contributed by atoms with E-state index >= 15 is 0 Å². The van der Waals surface area contributed by atoms with E-state index in [0.29, 0.717) is 12.8 Å². The molecule has 0 aromatic rings. The highest BCUT2D eigenvalue weighted by molar-refractivity contribution is 7.99. The second kappa shape index (κ2) is 26.1. The zero-order valence-electron chi connectivity index (χ0n) is 28.4. The highest BCUT2D eigenvalue weighted by atomic mass is 32.3. The fourth-order valence-electron chi connectivity index (χ4n) is 5.64. The minimum atomic E-state index is -4.96. The van der Waals surface area contributed by atoms with E-state index in [2.05, 4.69) is 13.8 Å². The van der Waals surface area contributed by atoms with Crippen LogP contribution in [0.3, 0.4) is 0 Å². The molecule has 1 aliphatic heterocycles. The van der Waals surface area contributed by atoms with Gasteiger partial charge in [0.15, 0.2) is 12.2 Å². The average Bonchev–Trinajstić information content (AvgIpc) is 2.99. The number of rotatable bonds is 28. The fourth-order valence-corrected chi connectivity index (χ4v) is 6.89. The molecule has 5 atom stereocenters. The van der Waals surface area contributed by atoms with Crippen molar-refractivity contribution in [2.75, 3.05) is 20.0 Å². The minimum absolute atomic E-state index is 0.0944. The summed E-state index contributed by atoms with van der Waals surface area (Å²) in [5, 5.41) is 0. The van der Waals surface area contributed by atoms with Crippen LogP contribution in [0.4, 0.5) is 0 Å². The second-order valence-corrected chi connectivity index (χ2v) is 14.1. The van der Waals surface area contributed by atoms with Gasteiger partial charge in [-0.2, -0.15) is 8.42 Å². The van der Waals surface area contributed by atoms with Crippen LogP contribution in [0.25, 0.3) is 0 Å². The maximum Gasteiger partial charge on any atom is 0.397 e. The van der Waals surface area contributed by atoms with E-state index in [1.165, 1.54) is 89.5 Å². The van der Waals surface area contributed by atoms with Crippen LogP contribution in [0.1, 0.15) is 149 Å². The van der Waals surface area contributed by atoms with Crippen molar-refractivity contribution in [2.24, 2.45) is 0 Å². The monoisotopic (exact) mass is 682 g/mol. The number of ether oxygens (including phenoxy) is 4. The molecular weight excluding hydrogens is 620 g/mol. The molecule has 12 heteroatoms. The van der Waals surface area contributed by atoms with Crippen LogP contribution in [0.2, 0.25) is 0 Å². The summed E-state index contributed by atoms with van der Waals surface area (Å²) in [4.78, 5) is 25.9. The van der Waals surface area contributed by atoms with Crippen LogP contribution in [-0.4, -0.2) is 74.7 Å². The summed E-state index contributed by atoms with van der Waals surface area (Å²) in [7, 11) is -3.55. The third kappa shape index (κ3) is 20.1. The van der Waals surface area contributed by atoms with Crippen molar-refractivity contribution in [1.82, 2.24) is 0 Å². The molecule has 1 fully saturated rings. The van der Waals surface area contributed by atoms with Gasteiger partial charge >= 0.3 is 22.3 Å². The third-order valence-corrected chi connectivity index (χ3v) is 9.45. The SMILES string of the molecule is CCCCCCCCCCCCC(=O)O[C@H]1C(SC)O[C@H](COC)[C@@H](OS(=O)(=O)O)[C@@H]1OC(=O)CCCCCCCCCCC. The summed E-state index contributed by atoms with van der Waals surface area (Å²) in [6, 6.07) is 0. The predicted molar refractivity (Wildman–Crippen MR) is 179 cm³/mol. The Bertz CT molecular complexity index is 870. The Hall–Kier alpha value is -0.920. The van der Waals surface area contributed by atoms with E-state index < -0.39 is 52.2 Å². The number of hydrogen-bond acceptors (Lipinski definition) is 10. The van der Waals surface area contributed by atoms with Gasteiger partial charge in [-0.3, -0.25) is 14.1 Å². The van der Waals surface area contributed by atoms with E-state index in [1.807, 2.05) is 0 Å². The van der Waals surface area contributed by atoms with Gasteiger partial charge < -0.3 is 18.9 Å². The number of thioether (sulfide) groups is 1. The smallest absolute Gasteiger partial charge is 0.397 e. The highest BCUT2D eigenvalue weighted by Gasteiger charge is 2.52. The molecule has 0 aliphatic carbocycles. The Kier molecular flexibility index (Phi) is 24.4. The van der Waals surface area contributed by atoms with Gasteiger partial charge in [-0.15, -0.1) is 11.8 Å². The number of esters is 2. The Morgan fingerprint density at radius 1 is 0.667 bits per heavy atom. The molecule has 10 nitrogen and oxygen atoms in total. The molecule has 0 spiro atoms. The van der Waals surface area contributed by atoms with Gasteiger partial charge in [-0.25, -0.2) is 4.18 Å². The summed E-state index contributed by atoms with van der Waals surface area (Å²) in [6.07, 6.45) is 18.2. The van der Waals surface area contributed by atoms with Crippen LogP contribution in [0.15, 0.2) is 0 Å². The lowest BCUT2D eigenvalue weighted by Gasteiger charge is -2.43. The molecule has 1 heterocycles. The van der Waals surface area contributed by atoms with Crippen LogP contribution in [-0.2, 0) is 43.1 Å². The zero-order chi connectivity index (χ0) is 33.3. The Morgan fingerprint density at radius 2 is 1.07 bits per heavy atom. The number of carbonyl (C=O) groups excluding carboxylic acids is 2. The Balaban J connectivity index is 2.77. The van der Waals surface area contributed by atoms with E-state index in [4.69, 9.17) is 23.1 Å². The summed E-state index contributed by atoms with van der Waals surface area (Å²) in [5.74, 6) is -1.04. The molecule has 0 aromatic carbocycles. The van der Waals surface area contributed by atoms with Gasteiger partial charge in [0, 0.05) is 20.0 Å². The molecule has 1 rings (SSSR count). The molecule has 0 aromatic heterocycles. The Labute approximate surface area is 277 Å². The lowest BCUT2D eigenvalue weighted by molar-refractivity contribution is -0.226. The van der Waals surface area contributed by atoms with Crippen molar-refractivity contribution >= 4 is 34.1 Å². The van der Waals surface area contributed by atoms with Gasteiger partial charge in [-0.05, 0) is 19.1 Å². The van der Waals surface area contributed by atoms with Crippen molar-refractivity contribution in [1.29, 1.82) is 0 Å². The number of unbranched alkanes of at least 4 members (excludes halogenated alkanes) is 17. The molecular formula is C33H62O10S2. The van der Waals surface area contributed by atoms with E-state index in [0.717, 1.165) is 38.5 Å². The molecule has 0 amide bonds. The third-order valence-electron chi connectivity index (χ3n) is 8.14. The second-order valence-electron chi connectivity index (χ2n) is 12.1. The molecule has 45 heavy (non-hydrogen) atoms. The lowest BCUT2D eigenvalue weighted by atomic mass is 9.99. The minimum Gasteiger partial charge on any atom is -0.455 e. The number of methoxy groups -OCH3 is 1. The van der Waals surface area contributed by atoms with Gasteiger partial charge in [-0.1, -0.05) is 123 Å². The lowest BCUT2D eigenvalue weighted by Crippen LogP contribution is -2.61. The topological polar surface area (TPSA) is 135 Å². The first-order valence-corrected chi connectivity index (χ1v) is 20.0. The number of hydrogen-bond donors (Lipinski definition) is 1. The van der Waals surface area contributed by atoms with Crippen molar-refractivity contribution < 1.29 is 45.7 Å². The standard InChI is InChI=1S/C33H62O10S2/c1-5-7-9-11-13-15-17-19-21-23-25-29(35)42-32-31(41-28(34)24-22-20-18-16-14-12-10-8-6-2)30(43-45(36,37)38)27(26-39-3)40-33(32)44-4/h27,30-33H,5-26H2,1-4H3,(H,36,37,38)/t27-,30-,31+,32-,33?/m1/s1. The van der Waals surface area contributed by atoms with Gasteiger partial charge in [0.1, 0.15) is 17.6 Å². The van der Waals surface area contributed by atoms with Crippen molar-refractivity contribution in [3.63, 3.8) is 0 Å². The van der Waals surface area contributed by atoms with Gasteiger partial charge in [0.25, 0.3) is 0 Å². The molecule has 1 aliphatic rings. The van der Waals surface area contributed by atoms with E-state index in [1.54, 1.807) is 6.26 Å². The summed E-state index contributed by atoms with van der Waals surface area (Å²) in [5.41, 5.74) is -0.770. The van der Waals surface area contributed by atoms with Crippen molar-refractivity contribution in [3.8, 4) is 0 Å². The molecule has 0 radical (unpaired) electrons. The van der Waals surface area contributed by atoms with Gasteiger partial charge in [0.05, 0.1) is 6.61 Å². The molecule has 1 saturated heterocycles. The average molecular weight is 683 g/mol. The van der Waals surface area contributed by atoms with Crippen LogP contribution in [0, 0.1) is 0 Å². The quantitative estimate of drug-likeness (QED) is 0.0489. The normalized spacial score (nSPS) is 21.9. The first-order valence-electron chi connectivity index (χ1n) is 17.4. The van der Waals surface area contributed by atoms with Crippen LogP contribution in [0.5, 0.6) is 0 Å². The predicted octanol–water partition coefficient (Wildman–Crippen LogP) is 7.96. The van der Waals surface area contributed by atoms with Crippen molar-refractivity contribution in [2.45, 2.75) is 179 Å². The van der Waals surface area contributed by atoms with E-state index in [9.17, 15) is 22.6 Å². The van der Waals surface area contributed by atoms with Crippen molar-refractivity contribution in [3.05, 3.63) is 0 Å². The van der Waals surface area contributed by atoms with Crippen LogP contribution < -0.4 is 0 Å². The molecule has 266 valence electrons. The number of carbonyl (C=O) groups is 2. The summed E-state index contributed by atoms with van der Waals surface area (Å²) >= 11 is 1.24. The highest BCUT2D eigenvalue weighted by Crippen LogP contribution is 2.34. The maximum atomic E-state index is 13.0. The summed E-state index contributed by atoms with van der Waals surface area (Å²) in [6.45, 7) is 4.31. The fraction of sp³-hybridized carbons (Fsp3) is 0.939. The van der Waals surface area contributed by atoms with E-state index in [-0.39, 0.29) is 19.4 Å². The van der Waals surface area contributed by atoms with Gasteiger partial charge in [0.2, 0.25) is 0 Å². The largest absolute Gasteiger partial charge is 0.455 e. The first kappa shape index (κ1) is 42.1. The van der Waals surface area contributed by atoms with Crippen LogP contribution >= 0.6 is 11.8 Å². The maximum absolute atomic E-state index is 13.0. The molecule has 0 bridgehead atoms. The summed E-state index contributed by atoms with van der Waals surface area (Å²) < 4.78 is 60.9. The zero-order valence-corrected chi connectivity index (χ0v) is 30.0.